The summed E-state index contributed by atoms with van der Waals surface area (Å²) in [5.41, 5.74) is 1.65. The number of nitrogens with one attached hydrogen (secondary N) is 2. The first-order valence-corrected chi connectivity index (χ1v) is 8.74. The molecule has 1 aliphatic heterocycles. The molecule has 2 amide bonds. The van der Waals surface area contributed by atoms with E-state index in [1.165, 1.54) is 0 Å². The monoisotopic (exact) mass is 378 g/mol. The molecule has 0 saturated carbocycles. The molecule has 0 saturated heterocycles. The van der Waals surface area contributed by atoms with Gasteiger partial charge in [0.25, 0.3) is 11.8 Å². The fourth-order valence-electron chi connectivity index (χ4n) is 2.86. The maximum atomic E-state index is 12.7. The predicted molar refractivity (Wildman–Crippen MR) is 102 cm³/mol. The van der Waals surface area contributed by atoms with Crippen molar-refractivity contribution in [3.05, 3.63) is 77.2 Å². The largest absolute Gasteiger partial charge is 0.456 e. The number of rotatable bonds is 5. The molecule has 0 unspecified atom stereocenters. The second kappa shape index (κ2) is 7.48. The number of para-hydroxylation sites is 1. The highest BCUT2D eigenvalue weighted by Crippen LogP contribution is 2.32. The predicted octanol–water partition coefficient (Wildman–Crippen LogP) is 3.50. The molecule has 2 aromatic carbocycles. The Kier molecular flexibility index (Phi) is 4.72. The number of aryl methyl sites for hydroxylation is 1. The lowest BCUT2D eigenvalue weighted by Gasteiger charge is -2.11. The van der Waals surface area contributed by atoms with Gasteiger partial charge in [0.1, 0.15) is 5.76 Å². The van der Waals surface area contributed by atoms with E-state index in [0.29, 0.717) is 35.1 Å². The van der Waals surface area contributed by atoms with Crippen molar-refractivity contribution < 1.29 is 23.5 Å². The molecule has 4 rings (SSSR count). The number of carbonyl (C=O) groups is 2. The number of fused-ring (bicyclic) bond motifs is 1. The number of amides is 2. The number of anilines is 1. The first kappa shape index (κ1) is 17.7. The second-order valence-electron chi connectivity index (χ2n) is 6.28. The van der Waals surface area contributed by atoms with Gasteiger partial charge in [0, 0.05) is 6.54 Å². The van der Waals surface area contributed by atoms with Crippen LogP contribution in [0.15, 0.2) is 59.0 Å². The maximum absolute atomic E-state index is 12.7. The second-order valence-corrected chi connectivity index (χ2v) is 6.28. The minimum absolute atomic E-state index is 0.188. The molecule has 1 aliphatic rings. The summed E-state index contributed by atoms with van der Waals surface area (Å²) in [5.74, 6) is 1.46. The lowest BCUT2D eigenvalue weighted by atomic mass is 10.1. The number of benzene rings is 2. The van der Waals surface area contributed by atoms with E-state index < -0.39 is 5.91 Å². The molecule has 2 N–H and O–H groups in total. The Morgan fingerprint density at radius 1 is 0.964 bits per heavy atom. The van der Waals surface area contributed by atoms with E-state index in [0.717, 1.165) is 5.56 Å². The van der Waals surface area contributed by atoms with E-state index in [1.54, 1.807) is 43.3 Å². The highest BCUT2D eigenvalue weighted by molar-refractivity contribution is 6.07. The third-order valence-electron chi connectivity index (χ3n) is 4.27. The quantitative estimate of drug-likeness (QED) is 0.709. The van der Waals surface area contributed by atoms with Crippen molar-refractivity contribution in [1.29, 1.82) is 0 Å². The van der Waals surface area contributed by atoms with Crippen LogP contribution in [-0.4, -0.2) is 18.6 Å². The van der Waals surface area contributed by atoms with E-state index in [2.05, 4.69) is 10.6 Å². The van der Waals surface area contributed by atoms with Crippen LogP contribution >= 0.6 is 0 Å². The van der Waals surface area contributed by atoms with Crippen LogP contribution in [-0.2, 0) is 6.54 Å². The molecule has 0 aliphatic carbocycles. The summed E-state index contributed by atoms with van der Waals surface area (Å²) >= 11 is 0. The van der Waals surface area contributed by atoms with Gasteiger partial charge in [0.15, 0.2) is 17.3 Å². The number of hydrogen-bond donors (Lipinski definition) is 2. The third kappa shape index (κ3) is 3.68. The van der Waals surface area contributed by atoms with Crippen LogP contribution in [0.1, 0.15) is 32.2 Å². The number of furan rings is 1. The van der Waals surface area contributed by atoms with Crippen LogP contribution < -0.4 is 20.1 Å². The van der Waals surface area contributed by atoms with Crippen LogP contribution in [0.4, 0.5) is 5.69 Å². The molecule has 0 atom stereocenters. The van der Waals surface area contributed by atoms with E-state index in [1.807, 2.05) is 18.2 Å². The summed E-state index contributed by atoms with van der Waals surface area (Å²) in [6, 6.07) is 15.6. The Bertz CT molecular complexity index is 1040. The molecule has 28 heavy (non-hydrogen) atoms. The van der Waals surface area contributed by atoms with Crippen molar-refractivity contribution >= 4 is 17.5 Å². The number of ether oxygens (including phenoxy) is 2. The molecule has 7 heteroatoms. The van der Waals surface area contributed by atoms with Gasteiger partial charge < -0.3 is 24.5 Å². The van der Waals surface area contributed by atoms with Crippen molar-refractivity contribution in [3.63, 3.8) is 0 Å². The van der Waals surface area contributed by atoms with Crippen LogP contribution in [0.2, 0.25) is 0 Å². The normalized spacial score (nSPS) is 11.9. The Morgan fingerprint density at radius 3 is 2.61 bits per heavy atom. The fourth-order valence-corrected chi connectivity index (χ4v) is 2.86. The summed E-state index contributed by atoms with van der Waals surface area (Å²) in [4.78, 5) is 25.0. The first-order chi connectivity index (χ1) is 13.6. The van der Waals surface area contributed by atoms with Gasteiger partial charge in [-0.3, -0.25) is 9.59 Å². The number of carbonyl (C=O) groups excluding carboxylic acids is 2. The van der Waals surface area contributed by atoms with Gasteiger partial charge in [-0.1, -0.05) is 18.2 Å². The first-order valence-electron chi connectivity index (χ1n) is 8.74. The van der Waals surface area contributed by atoms with E-state index in [-0.39, 0.29) is 18.5 Å². The molecular weight excluding hydrogens is 360 g/mol. The summed E-state index contributed by atoms with van der Waals surface area (Å²) < 4.78 is 16.0. The van der Waals surface area contributed by atoms with E-state index >= 15 is 0 Å². The highest BCUT2D eigenvalue weighted by atomic mass is 16.7. The molecule has 7 nitrogen and oxygen atoms in total. The average molecular weight is 378 g/mol. The van der Waals surface area contributed by atoms with Crippen molar-refractivity contribution in [1.82, 2.24) is 5.32 Å². The van der Waals surface area contributed by atoms with Gasteiger partial charge >= 0.3 is 0 Å². The summed E-state index contributed by atoms with van der Waals surface area (Å²) in [6.07, 6.45) is 0. The van der Waals surface area contributed by atoms with E-state index in [9.17, 15) is 9.59 Å². The molecule has 0 fully saturated rings. The van der Waals surface area contributed by atoms with Crippen LogP contribution in [0.3, 0.4) is 0 Å². The minimum atomic E-state index is -0.413. The minimum Gasteiger partial charge on any atom is -0.456 e. The smallest absolute Gasteiger partial charge is 0.291 e. The molecule has 0 bridgehead atoms. The molecular formula is C21H18N2O5. The lowest BCUT2D eigenvalue weighted by molar-refractivity contribution is 0.0951. The Hall–Kier alpha value is -3.74. The lowest BCUT2D eigenvalue weighted by Crippen LogP contribution is -2.24. The topological polar surface area (TPSA) is 89.8 Å². The van der Waals surface area contributed by atoms with Gasteiger partial charge in [-0.15, -0.1) is 0 Å². The molecule has 0 spiro atoms. The fraction of sp³-hybridized carbons (Fsp3) is 0.143. The third-order valence-corrected chi connectivity index (χ3v) is 4.27. The summed E-state index contributed by atoms with van der Waals surface area (Å²) in [5, 5.41) is 5.58. The van der Waals surface area contributed by atoms with Crippen LogP contribution in [0.5, 0.6) is 11.5 Å². The average Bonchev–Trinajstić information content (AvgIpc) is 3.35. The van der Waals surface area contributed by atoms with Crippen molar-refractivity contribution in [3.8, 4) is 11.5 Å². The molecule has 2 heterocycles. The van der Waals surface area contributed by atoms with Crippen molar-refractivity contribution in [2.24, 2.45) is 0 Å². The highest BCUT2D eigenvalue weighted by Gasteiger charge is 2.17. The van der Waals surface area contributed by atoms with Gasteiger partial charge in [-0.2, -0.15) is 0 Å². The SMILES string of the molecule is Cc1ccc(C(=O)Nc2ccccc2C(=O)NCc2ccc3c(c2)OCO3)o1. The van der Waals surface area contributed by atoms with Crippen molar-refractivity contribution in [2.45, 2.75) is 13.5 Å². The molecule has 142 valence electrons. The van der Waals surface area contributed by atoms with E-state index in [4.69, 9.17) is 13.9 Å². The van der Waals surface area contributed by atoms with Gasteiger partial charge in [-0.05, 0) is 48.9 Å². The van der Waals surface area contributed by atoms with Crippen LogP contribution in [0, 0.1) is 6.92 Å². The Morgan fingerprint density at radius 2 is 1.79 bits per heavy atom. The van der Waals surface area contributed by atoms with Gasteiger partial charge in [0.2, 0.25) is 6.79 Å². The molecule has 0 radical (unpaired) electrons. The zero-order valence-electron chi connectivity index (χ0n) is 15.2. The van der Waals surface area contributed by atoms with Crippen LogP contribution in [0.25, 0.3) is 0 Å². The zero-order valence-corrected chi connectivity index (χ0v) is 15.2. The maximum Gasteiger partial charge on any atom is 0.291 e. The summed E-state index contributed by atoms with van der Waals surface area (Å²) in [7, 11) is 0. The van der Waals surface area contributed by atoms with Gasteiger partial charge in [-0.25, -0.2) is 0 Å². The number of hydrogen-bond acceptors (Lipinski definition) is 5. The molecule has 3 aromatic rings. The van der Waals surface area contributed by atoms with Gasteiger partial charge in [0.05, 0.1) is 11.3 Å². The Labute approximate surface area is 161 Å². The summed E-state index contributed by atoms with van der Waals surface area (Å²) in [6.45, 7) is 2.27. The standard InChI is InChI=1S/C21H18N2O5/c1-13-6-8-18(28-13)21(25)23-16-5-3-2-4-15(16)20(24)22-11-14-7-9-17-19(10-14)27-12-26-17/h2-10H,11-12H2,1H3,(H,22,24)(H,23,25). The Balaban J connectivity index is 1.45. The van der Waals surface area contributed by atoms with Crippen molar-refractivity contribution in [2.75, 3.05) is 12.1 Å². The zero-order chi connectivity index (χ0) is 19.5. The molecule has 1 aromatic heterocycles.